The molecule has 0 unspecified atom stereocenters. The van der Waals surface area contributed by atoms with Gasteiger partial charge in [0.25, 0.3) is 15.7 Å². The van der Waals surface area contributed by atoms with Gasteiger partial charge < -0.3 is 5.32 Å². The smallest absolute Gasteiger partial charge is 0.271 e. The van der Waals surface area contributed by atoms with Crippen LogP contribution in [0.4, 0.5) is 17.1 Å². The second-order valence-corrected chi connectivity index (χ2v) is 12.8. The Bertz CT molecular complexity index is 1540. The number of rotatable bonds is 9. The first-order chi connectivity index (χ1) is 18.6. The Morgan fingerprint density at radius 2 is 1.49 bits per heavy atom. The second-order valence-electron chi connectivity index (χ2n) is 8.99. The average Bonchev–Trinajstić information content (AvgIpc) is 3.23. The maximum atomic E-state index is 13.4. The molecule has 1 amide bonds. The van der Waals surface area contributed by atoms with E-state index in [9.17, 15) is 31.7 Å². The predicted octanol–water partition coefficient (Wildman–Crippen LogP) is 3.99. The van der Waals surface area contributed by atoms with Crippen LogP contribution in [-0.4, -0.2) is 51.6 Å². The summed E-state index contributed by atoms with van der Waals surface area (Å²) in [6, 6.07) is 18.1. The van der Waals surface area contributed by atoms with Gasteiger partial charge in [0.2, 0.25) is 15.9 Å². The SMILES string of the molecule is O=C(CN(c1cccc([N+](=O)[O-])c1)S(=O)(=O)c1ccccc1)Nc1ccc(S(=O)(=O)N2CCCCCC2)cc1. The van der Waals surface area contributed by atoms with E-state index in [0.29, 0.717) is 13.1 Å². The fraction of sp³-hybridized carbons (Fsp3) is 0.269. The monoisotopic (exact) mass is 572 g/mol. The lowest BCUT2D eigenvalue weighted by Crippen LogP contribution is -2.38. The molecule has 0 saturated carbocycles. The molecule has 1 saturated heterocycles. The molecule has 13 heteroatoms. The minimum absolute atomic E-state index is 0.0536. The molecule has 39 heavy (non-hydrogen) atoms. The highest BCUT2D eigenvalue weighted by Crippen LogP contribution is 2.27. The summed E-state index contributed by atoms with van der Waals surface area (Å²) in [5, 5.41) is 13.9. The Labute approximate surface area is 227 Å². The Balaban J connectivity index is 1.56. The number of hydrogen-bond acceptors (Lipinski definition) is 7. The number of nitrogens with one attached hydrogen (secondary N) is 1. The standard InChI is InChI=1S/C26H28N4O7S2/c31-26(27-21-13-15-25(16-14-21)38(34,35)28-17-6-1-2-7-18-28)20-29(22-9-8-10-23(19-22)30(32)33)39(36,37)24-11-4-3-5-12-24/h3-5,8-16,19H,1-2,6-7,17-18,20H2,(H,27,31). The van der Waals surface area contributed by atoms with Crippen molar-refractivity contribution in [1.29, 1.82) is 0 Å². The lowest BCUT2D eigenvalue weighted by Gasteiger charge is -2.24. The van der Waals surface area contributed by atoms with E-state index in [-0.39, 0.29) is 26.9 Å². The fourth-order valence-corrected chi connectivity index (χ4v) is 7.22. The number of nitro groups is 1. The van der Waals surface area contributed by atoms with Crippen LogP contribution < -0.4 is 9.62 Å². The van der Waals surface area contributed by atoms with Gasteiger partial charge in [-0.05, 0) is 55.3 Å². The number of hydrogen-bond donors (Lipinski definition) is 1. The number of carbonyl (C=O) groups is 1. The van der Waals surface area contributed by atoms with E-state index < -0.39 is 37.4 Å². The second kappa shape index (κ2) is 11.9. The summed E-state index contributed by atoms with van der Waals surface area (Å²) in [4.78, 5) is 23.6. The summed E-state index contributed by atoms with van der Waals surface area (Å²) < 4.78 is 55.2. The van der Waals surface area contributed by atoms with E-state index in [1.807, 2.05) is 0 Å². The van der Waals surface area contributed by atoms with Crippen molar-refractivity contribution in [2.45, 2.75) is 35.5 Å². The van der Waals surface area contributed by atoms with Crippen LogP contribution in [0, 0.1) is 10.1 Å². The molecule has 1 aliphatic heterocycles. The zero-order valence-electron chi connectivity index (χ0n) is 21.0. The molecule has 3 aromatic rings. The van der Waals surface area contributed by atoms with Crippen molar-refractivity contribution in [2.24, 2.45) is 0 Å². The van der Waals surface area contributed by atoms with Gasteiger partial charge in [0, 0.05) is 30.9 Å². The van der Waals surface area contributed by atoms with Gasteiger partial charge in [-0.25, -0.2) is 16.8 Å². The summed E-state index contributed by atoms with van der Waals surface area (Å²) in [6.07, 6.45) is 3.59. The lowest BCUT2D eigenvalue weighted by molar-refractivity contribution is -0.384. The molecule has 0 bridgehead atoms. The summed E-state index contributed by atoms with van der Waals surface area (Å²) in [6.45, 7) is 0.251. The molecule has 11 nitrogen and oxygen atoms in total. The van der Waals surface area contributed by atoms with Gasteiger partial charge in [0.15, 0.2) is 0 Å². The number of nitrogens with zero attached hydrogens (tertiary/aromatic N) is 3. The lowest BCUT2D eigenvalue weighted by atomic mass is 10.2. The normalized spacial score (nSPS) is 14.8. The van der Waals surface area contributed by atoms with Gasteiger partial charge in [-0.2, -0.15) is 4.31 Å². The quantitative estimate of drug-likeness (QED) is 0.301. The van der Waals surface area contributed by atoms with Crippen molar-refractivity contribution >= 4 is 43.0 Å². The van der Waals surface area contributed by atoms with E-state index in [1.54, 1.807) is 6.07 Å². The van der Waals surface area contributed by atoms with Gasteiger partial charge in [0.05, 0.1) is 20.4 Å². The molecule has 206 valence electrons. The van der Waals surface area contributed by atoms with Crippen LogP contribution in [-0.2, 0) is 24.8 Å². The number of anilines is 2. The molecule has 1 heterocycles. The highest BCUT2D eigenvalue weighted by atomic mass is 32.2. The number of sulfonamides is 2. The van der Waals surface area contributed by atoms with E-state index in [2.05, 4.69) is 5.32 Å². The van der Waals surface area contributed by atoms with Crippen molar-refractivity contribution in [1.82, 2.24) is 4.31 Å². The van der Waals surface area contributed by atoms with Gasteiger partial charge in [-0.3, -0.25) is 19.2 Å². The average molecular weight is 573 g/mol. The van der Waals surface area contributed by atoms with E-state index in [1.165, 1.54) is 71.0 Å². The minimum atomic E-state index is -4.26. The third-order valence-electron chi connectivity index (χ3n) is 6.29. The van der Waals surface area contributed by atoms with Crippen LogP contribution in [0.2, 0.25) is 0 Å². The van der Waals surface area contributed by atoms with Crippen molar-refractivity contribution in [3.63, 3.8) is 0 Å². The third kappa shape index (κ3) is 6.61. The molecule has 0 radical (unpaired) electrons. The van der Waals surface area contributed by atoms with Crippen LogP contribution in [0.5, 0.6) is 0 Å². The Kier molecular flexibility index (Phi) is 8.63. The first-order valence-electron chi connectivity index (χ1n) is 12.3. The Morgan fingerprint density at radius 3 is 2.10 bits per heavy atom. The number of non-ortho nitro benzene ring substituents is 1. The van der Waals surface area contributed by atoms with Gasteiger partial charge in [-0.1, -0.05) is 37.1 Å². The van der Waals surface area contributed by atoms with Crippen molar-refractivity contribution < 1.29 is 26.6 Å². The molecule has 0 aromatic heterocycles. The van der Waals surface area contributed by atoms with Crippen LogP contribution in [0.1, 0.15) is 25.7 Å². The molecular weight excluding hydrogens is 544 g/mol. The first-order valence-corrected chi connectivity index (χ1v) is 15.2. The maximum Gasteiger partial charge on any atom is 0.271 e. The topological polar surface area (TPSA) is 147 Å². The third-order valence-corrected chi connectivity index (χ3v) is 9.99. The van der Waals surface area contributed by atoms with Crippen molar-refractivity contribution in [3.8, 4) is 0 Å². The molecule has 1 N–H and O–H groups in total. The van der Waals surface area contributed by atoms with E-state index in [0.717, 1.165) is 36.1 Å². The van der Waals surface area contributed by atoms with Crippen LogP contribution in [0.3, 0.4) is 0 Å². The van der Waals surface area contributed by atoms with Crippen molar-refractivity contribution in [3.05, 3.63) is 89.0 Å². The highest BCUT2D eigenvalue weighted by molar-refractivity contribution is 7.92. The number of nitro benzene ring substituents is 1. The van der Waals surface area contributed by atoms with Gasteiger partial charge in [-0.15, -0.1) is 0 Å². The molecule has 1 fully saturated rings. The number of amides is 1. The Morgan fingerprint density at radius 1 is 0.846 bits per heavy atom. The van der Waals surface area contributed by atoms with E-state index in [4.69, 9.17) is 0 Å². The predicted molar refractivity (Wildman–Crippen MR) is 146 cm³/mol. The Hall–Kier alpha value is -3.81. The number of carbonyl (C=O) groups excluding carboxylic acids is 1. The molecule has 0 atom stereocenters. The first kappa shape index (κ1) is 28.2. The minimum Gasteiger partial charge on any atom is -0.325 e. The maximum absolute atomic E-state index is 13.4. The summed E-state index contributed by atoms with van der Waals surface area (Å²) in [7, 11) is -7.93. The highest BCUT2D eigenvalue weighted by Gasteiger charge is 2.29. The molecular formula is C26H28N4O7S2. The molecule has 1 aliphatic rings. The van der Waals surface area contributed by atoms with Crippen LogP contribution in [0.15, 0.2) is 88.7 Å². The fourth-order valence-electron chi connectivity index (χ4n) is 4.27. The largest absolute Gasteiger partial charge is 0.325 e. The van der Waals surface area contributed by atoms with Gasteiger partial charge >= 0.3 is 0 Å². The van der Waals surface area contributed by atoms with Crippen LogP contribution in [0.25, 0.3) is 0 Å². The molecule has 0 spiro atoms. The summed E-state index contributed by atoms with van der Waals surface area (Å²) >= 11 is 0. The zero-order valence-corrected chi connectivity index (χ0v) is 22.6. The van der Waals surface area contributed by atoms with E-state index >= 15 is 0 Å². The molecule has 4 rings (SSSR count). The summed E-state index contributed by atoms with van der Waals surface area (Å²) in [5.41, 5.74) is -0.115. The number of benzene rings is 3. The summed E-state index contributed by atoms with van der Waals surface area (Å²) in [5.74, 6) is -0.718. The molecule has 0 aliphatic carbocycles. The molecule has 3 aromatic carbocycles. The zero-order chi connectivity index (χ0) is 28.0. The van der Waals surface area contributed by atoms with Crippen LogP contribution >= 0.6 is 0 Å². The van der Waals surface area contributed by atoms with Crippen molar-refractivity contribution in [2.75, 3.05) is 29.3 Å². The van der Waals surface area contributed by atoms with Gasteiger partial charge in [0.1, 0.15) is 6.54 Å².